The number of carbonyl (C=O) groups excluding carboxylic acids is 1. The number of carboxylic acid groups (broad SMARTS) is 1. The van der Waals surface area contributed by atoms with Crippen LogP contribution in [0.3, 0.4) is 0 Å². The van der Waals surface area contributed by atoms with Crippen LogP contribution in [-0.2, 0) is 14.3 Å². The monoisotopic (exact) mass is 269 g/mol. The second kappa shape index (κ2) is 6.37. The predicted octanol–water partition coefficient (Wildman–Crippen LogP) is 1.37. The van der Waals surface area contributed by atoms with Crippen LogP contribution in [0.1, 0.15) is 32.1 Å². The molecule has 19 heavy (non-hydrogen) atoms. The summed E-state index contributed by atoms with van der Waals surface area (Å²) in [6.07, 6.45) is 4.32. The highest BCUT2D eigenvalue weighted by molar-refractivity contribution is 5.85. The third-order valence-electron chi connectivity index (χ3n) is 4.31. The molecule has 0 bridgehead atoms. The van der Waals surface area contributed by atoms with Crippen molar-refractivity contribution in [3.05, 3.63) is 0 Å². The van der Waals surface area contributed by atoms with E-state index in [1.54, 1.807) is 11.9 Å². The van der Waals surface area contributed by atoms with Gasteiger partial charge in [-0.3, -0.25) is 9.59 Å². The summed E-state index contributed by atoms with van der Waals surface area (Å²) in [7, 11) is 1.79. The Hall–Kier alpha value is -1.10. The lowest BCUT2D eigenvalue weighted by molar-refractivity contribution is -0.149. The smallest absolute Gasteiger partial charge is 0.307 e. The first-order chi connectivity index (χ1) is 9.09. The Morgan fingerprint density at radius 2 is 1.95 bits per heavy atom. The van der Waals surface area contributed by atoms with Gasteiger partial charge in [0, 0.05) is 20.2 Å². The number of hydrogen-bond acceptors (Lipinski definition) is 3. The molecule has 1 saturated heterocycles. The molecule has 0 aromatic rings. The van der Waals surface area contributed by atoms with Crippen LogP contribution in [0.5, 0.6) is 0 Å². The van der Waals surface area contributed by atoms with E-state index < -0.39 is 11.9 Å². The first-order valence-corrected chi connectivity index (χ1v) is 7.15. The van der Waals surface area contributed by atoms with Crippen molar-refractivity contribution in [2.45, 2.75) is 32.1 Å². The van der Waals surface area contributed by atoms with Gasteiger partial charge in [-0.15, -0.1) is 0 Å². The molecule has 2 rings (SSSR count). The zero-order valence-electron chi connectivity index (χ0n) is 11.5. The van der Waals surface area contributed by atoms with Crippen LogP contribution < -0.4 is 0 Å². The molecule has 108 valence electrons. The van der Waals surface area contributed by atoms with E-state index in [0.29, 0.717) is 31.9 Å². The molecule has 5 heteroatoms. The van der Waals surface area contributed by atoms with E-state index in [4.69, 9.17) is 9.84 Å². The molecule has 0 spiro atoms. The minimum absolute atomic E-state index is 0.00419. The van der Waals surface area contributed by atoms with Crippen molar-refractivity contribution in [1.29, 1.82) is 0 Å². The predicted molar refractivity (Wildman–Crippen MR) is 69.6 cm³/mol. The van der Waals surface area contributed by atoms with Gasteiger partial charge in [0.25, 0.3) is 0 Å². The fourth-order valence-electron chi connectivity index (χ4n) is 3.26. The number of nitrogens with zero attached hydrogens (tertiary/aromatic N) is 1. The highest BCUT2D eigenvalue weighted by Crippen LogP contribution is 2.33. The van der Waals surface area contributed by atoms with Gasteiger partial charge in [-0.25, -0.2) is 0 Å². The summed E-state index contributed by atoms with van der Waals surface area (Å²) in [4.78, 5) is 25.2. The van der Waals surface area contributed by atoms with E-state index >= 15 is 0 Å². The molecule has 2 fully saturated rings. The minimum atomic E-state index is -0.828. The topological polar surface area (TPSA) is 66.8 Å². The molecule has 1 saturated carbocycles. The summed E-state index contributed by atoms with van der Waals surface area (Å²) in [6, 6.07) is 0. The highest BCUT2D eigenvalue weighted by atomic mass is 16.5. The summed E-state index contributed by atoms with van der Waals surface area (Å²) in [5.74, 6) is -1.25. The van der Waals surface area contributed by atoms with Gasteiger partial charge in [-0.1, -0.05) is 6.42 Å². The maximum Gasteiger partial charge on any atom is 0.307 e. The zero-order chi connectivity index (χ0) is 13.8. The first kappa shape index (κ1) is 14.3. The molecular formula is C14H23NO4. The number of carbonyl (C=O) groups is 2. The Labute approximate surface area is 113 Å². The van der Waals surface area contributed by atoms with Crippen LogP contribution in [0.4, 0.5) is 0 Å². The summed E-state index contributed by atoms with van der Waals surface area (Å²) in [6.45, 7) is 2.21. The lowest BCUT2D eigenvalue weighted by atomic mass is 9.94. The van der Waals surface area contributed by atoms with Gasteiger partial charge >= 0.3 is 5.97 Å². The molecule has 0 aromatic carbocycles. The van der Waals surface area contributed by atoms with Crippen LogP contribution in [0.25, 0.3) is 0 Å². The number of aliphatic carboxylic acids is 1. The Kier molecular flexibility index (Phi) is 4.80. The number of carboxylic acids is 1. The minimum Gasteiger partial charge on any atom is -0.481 e. The van der Waals surface area contributed by atoms with E-state index in [0.717, 1.165) is 25.9 Å². The van der Waals surface area contributed by atoms with Crippen molar-refractivity contribution in [2.75, 3.05) is 26.8 Å². The van der Waals surface area contributed by atoms with E-state index in [1.165, 1.54) is 0 Å². The lowest BCUT2D eigenvalue weighted by Crippen LogP contribution is -2.40. The van der Waals surface area contributed by atoms with Crippen molar-refractivity contribution in [3.63, 3.8) is 0 Å². The van der Waals surface area contributed by atoms with E-state index in [9.17, 15) is 9.59 Å². The van der Waals surface area contributed by atoms with Crippen molar-refractivity contribution < 1.29 is 19.4 Å². The van der Waals surface area contributed by atoms with Gasteiger partial charge in [0.15, 0.2) is 0 Å². The number of ether oxygens (including phenoxy) is 1. The third-order valence-corrected chi connectivity index (χ3v) is 4.31. The highest BCUT2D eigenvalue weighted by Gasteiger charge is 2.39. The molecule has 1 N–H and O–H groups in total. The number of amides is 1. The Morgan fingerprint density at radius 1 is 1.21 bits per heavy atom. The molecule has 1 aliphatic heterocycles. The SMILES string of the molecule is CN(CC1CCCOC1)C(=O)C1CCCC1C(=O)O. The van der Waals surface area contributed by atoms with Gasteiger partial charge in [-0.05, 0) is 31.6 Å². The second-order valence-electron chi connectivity index (χ2n) is 5.78. The van der Waals surface area contributed by atoms with E-state index in [2.05, 4.69) is 0 Å². The van der Waals surface area contributed by atoms with Crippen LogP contribution >= 0.6 is 0 Å². The van der Waals surface area contributed by atoms with Crippen molar-refractivity contribution in [1.82, 2.24) is 4.90 Å². The average molecular weight is 269 g/mol. The Bertz CT molecular complexity index is 338. The molecule has 2 aliphatic rings. The van der Waals surface area contributed by atoms with Crippen LogP contribution in [0.15, 0.2) is 0 Å². The number of hydrogen-bond donors (Lipinski definition) is 1. The quantitative estimate of drug-likeness (QED) is 0.837. The molecule has 3 unspecified atom stereocenters. The van der Waals surface area contributed by atoms with Crippen LogP contribution in [0, 0.1) is 17.8 Å². The van der Waals surface area contributed by atoms with Gasteiger partial charge in [-0.2, -0.15) is 0 Å². The van der Waals surface area contributed by atoms with E-state index in [1.807, 2.05) is 0 Å². The molecule has 5 nitrogen and oxygen atoms in total. The van der Waals surface area contributed by atoms with Crippen molar-refractivity contribution >= 4 is 11.9 Å². The summed E-state index contributed by atoms with van der Waals surface area (Å²) >= 11 is 0. The van der Waals surface area contributed by atoms with Gasteiger partial charge in [0.2, 0.25) is 5.91 Å². The molecule has 1 aliphatic carbocycles. The normalized spacial score (nSPS) is 31.1. The van der Waals surface area contributed by atoms with Crippen molar-refractivity contribution in [2.24, 2.45) is 17.8 Å². The molecule has 0 radical (unpaired) electrons. The van der Waals surface area contributed by atoms with Crippen LogP contribution in [0.2, 0.25) is 0 Å². The van der Waals surface area contributed by atoms with Gasteiger partial charge in [0.1, 0.15) is 0 Å². The van der Waals surface area contributed by atoms with E-state index in [-0.39, 0.29) is 11.8 Å². The molecule has 3 atom stereocenters. The molecular weight excluding hydrogens is 246 g/mol. The van der Waals surface area contributed by atoms with Crippen LogP contribution in [-0.4, -0.2) is 48.7 Å². The summed E-state index contributed by atoms with van der Waals surface area (Å²) < 4.78 is 5.42. The Morgan fingerprint density at radius 3 is 2.58 bits per heavy atom. The summed E-state index contributed by atoms with van der Waals surface area (Å²) in [5, 5.41) is 9.15. The van der Waals surface area contributed by atoms with Gasteiger partial charge in [0.05, 0.1) is 18.4 Å². The maximum absolute atomic E-state index is 12.4. The fourth-order valence-corrected chi connectivity index (χ4v) is 3.26. The lowest BCUT2D eigenvalue weighted by Gasteiger charge is -2.29. The largest absolute Gasteiger partial charge is 0.481 e. The second-order valence-corrected chi connectivity index (χ2v) is 5.78. The first-order valence-electron chi connectivity index (χ1n) is 7.15. The average Bonchev–Trinajstić information content (AvgIpc) is 2.88. The Balaban J connectivity index is 1.89. The molecule has 1 heterocycles. The van der Waals surface area contributed by atoms with Crippen molar-refractivity contribution in [3.8, 4) is 0 Å². The molecule has 0 aromatic heterocycles. The fraction of sp³-hybridized carbons (Fsp3) is 0.857. The maximum atomic E-state index is 12.4. The molecule has 1 amide bonds. The standard InChI is InChI=1S/C14H23NO4/c1-15(8-10-4-3-7-19-9-10)13(16)11-5-2-6-12(11)14(17)18/h10-12H,2-9H2,1H3,(H,17,18). The summed E-state index contributed by atoms with van der Waals surface area (Å²) in [5.41, 5.74) is 0. The third kappa shape index (κ3) is 3.47. The van der Waals surface area contributed by atoms with Gasteiger partial charge < -0.3 is 14.7 Å². The zero-order valence-corrected chi connectivity index (χ0v) is 11.5. The number of rotatable bonds is 4.